The van der Waals surface area contributed by atoms with Crippen molar-refractivity contribution in [2.45, 2.75) is 6.18 Å². The maximum absolute atomic E-state index is 11.9. The van der Waals surface area contributed by atoms with Crippen LogP contribution >= 0.6 is 15.9 Å². The quantitative estimate of drug-likeness (QED) is 0.868. The molecule has 1 aromatic rings. The highest BCUT2D eigenvalue weighted by molar-refractivity contribution is 9.09. The highest BCUT2D eigenvalue weighted by Crippen LogP contribution is 2.20. The number of carbonyl (C=O) groups excluding carboxylic acids is 1. The Morgan fingerprint density at radius 3 is 2.35 bits per heavy atom. The first-order valence-corrected chi connectivity index (χ1v) is 5.72. The van der Waals surface area contributed by atoms with Crippen molar-refractivity contribution in [3.63, 3.8) is 0 Å². The average molecular weight is 312 g/mol. The van der Waals surface area contributed by atoms with Crippen molar-refractivity contribution in [3.05, 3.63) is 24.3 Å². The van der Waals surface area contributed by atoms with E-state index >= 15 is 0 Å². The van der Waals surface area contributed by atoms with E-state index in [1.807, 2.05) is 0 Å². The fourth-order valence-corrected chi connectivity index (χ4v) is 1.15. The molecule has 0 aliphatic rings. The van der Waals surface area contributed by atoms with Gasteiger partial charge in [-0.2, -0.15) is 13.2 Å². The van der Waals surface area contributed by atoms with Crippen LogP contribution in [0.1, 0.15) is 0 Å². The van der Waals surface area contributed by atoms with E-state index in [1.165, 1.54) is 24.3 Å². The van der Waals surface area contributed by atoms with Gasteiger partial charge in [0, 0.05) is 11.0 Å². The van der Waals surface area contributed by atoms with Gasteiger partial charge in [-0.3, -0.25) is 4.79 Å². The molecule has 0 bridgehead atoms. The van der Waals surface area contributed by atoms with Crippen LogP contribution in [0, 0.1) is 0 Å². The van der Waals surface area contributed by atoms with Gasteiger partial charge in [0.05, 0.1) is 6.61 Å². The van der Waals surface area contributed by atoms with Crippen molar-refractivity contribution in [2.75, 3.05) is 17.3 Å². The molecule has 0 aliphatic heterocycles. The number of halogens is 4. The van der Waals surface area contributed by atoms with E-state index in [9.17, 15) is 18.0 Å². The SMILES string of the molecule is O=C(Nc1ccc(OCCBr)cc1)C(F)(F)F. The number of alkyl halides is 4. The molecule has 1 N–H and O–H groups in total. The monoisotopic (exact) mass is 311 g/mol. The summed E-state index contributed by atoms with van der Waals surface area (Å²) in [5.74, 6) is -1.47. The maximum atomic E-state index is 11.9. The Morgan fingerprint density at radius 1 is 1.29 bits per heavy atom. The molecule has 1 aromatic carbocycles. The van der Waals surface area contributed by atoms with Gasteiger partial charge in [0.15, 0.2) is 0 Å². The Bertz CT molecular complexity index is 378. The molecule has 0 saturated heterocycles. The van der Waals surface area contributed by atoms with Crippen LogP contribution < -0.4 is 10.1 Å². The first-order chi connectivity index (χ1) is 7.93. The molecule has 0 spiro atoms. The van der Waals surface area contributed by atoms with Crippen LogP contribution in [0.4, 0.5) is 18.9 Å². The molecule has 1 rings (SSSR count). The number of hydrogen-bond acceptors (Lipinski definition) is 2. The highest BCUT2D eigenvalue weighted by atomic mass is 79.9. The van der Waals surface area contributed by atoms with Crippen molar-refractivity contribution in [1.29, 1.82) is 0 Å². The van der Waals surface area contributed by atoms with Gasteiger partial charge in [0.1, 0.15) is 5.75 Å². The summed E-state index contributed by atoms with van der Waals surface area (Å²) in [4.78, 5) is 10.6. The minimum Gasteiger partial charge on any atom is -0.493 e. The highest BCUT2D eigenvalue weighted by Gasteiger charge is 2.38. The Hall–Kier alpha value is -1.24. The number of anilines is 1. The molecule has 0 aromatic heterocycles. The molecule has 94 valence electrons. The van der Waals surface area contributed by atoms with Gasteiger partial charge in [-0.25, -0.2) is 0 Å². The molecule has 0 aliphatic carbocycles. The Morgan fingerprint density at radius 2 is 1.88 bits per heavy atom. The van der Waals surface area contributed by atoms with Gasteiger partial charge in [0.2, 0.25) is 0 Å². The Labute approximate surface area is 104 Å². The molecule has 1 amide bonds. The summed E-state index contributed by atoms with van der Waals surface area (Å²) in [6.07, 6.45) is -4.88. The fourth-order valence-electron chi connectivity index (χ4n) is 0.993. The van der Waals surface area contributed by atoms with E-state index in [1.54, 1.807) is 5.32 Å². The second-order valence-corrected chi connectivity index (χ2v) is 3.81. The van der Waals surface area contributed by atoms with Gasteiger partial charge >= 0.3 is 12.1 Å². The van der Waals surface area contributed by atoms with Gasteiger partial charge in [0.25, 0.3) is 0 Å². The first kappa shape index (κ1) is 13.8. The Balaban J connectivity index is 2.59. The number of carbonyl (C=O) groups is 1. The second kappa shape index (κ2) is 5.90. The van der Waals surface area contributed by atoms with Gasteiger partial charge < -0.3 is 10.1 Å². The van der Waals surface area contributed by atoms with Crippen molar-refractivity contribution < 1.29 is 22.7 Å². The second-order valence-electron chi connectivity index (χ2n) is 3.01. The molecule has 0 fully saturated rings. The van der Waals surface area contributed by atoms with Gasteiger partial charge in [-0.05, 0) is 24.3 Å². The van der Waals surface area contributed by atoms with Gasteiger partial charge in [-0.1, -0.05) is 15.9 Å². The van der Waals surface area contributed by atoms with E-state index in [2.05, 4.69) is 15.9 Å². The molecule has 0 atom stereocenters. The predicted octanol–water partition coefficient (Wildman–Crippen LogP) is 2.96. The normalized spacial score (nSPS) is 11.1. The van der Waals surface area contributed by atoms with Crippen LogP contribution in [0.5, 0.6) is 5.75 Å². The third kappa shape index (κ3) is 4.64. The lowest BCUT2D eigenvalue weighted by Gasteiger charge is -2.09. The predicted molar refractivity (Wildman–Crippen MR) is 60.4 cm³/mol. The van der Waals surface area contributed by atoms with Crippen LogP contribution in [0.2, 0.25) is 0 Å². The third-order valence-corrected chi connectivity index (χ3v) is 2.04. The zero-order valence-electron chi connectivity index (χ0n) is 8.55. The van der Waals surface area contributed by atoms with Gasteiger partial charge in [-0.15, -0.1) is 0 Å². The number of nitrogens with one attached hydrogen (secondary N) is 1. The minimum absolute atomic E-state index is 0.0681. The van der Waals surface area contributed by atoms with E-state index in [-0.39, 0.29) is 5.69 Å². The van der Waals surface area contributed by atoms with Crippen molar-refractivity contribution >= 4 is 27.5 Å². The summed E-state index contributed by atoms with van der Waals surface area (Å²) < 4.78 is 41.0. The molecule has 0 saturated carbocycles. The molecular formula is C10H9BrF3NO2. The van der Waals surface area contributed by atoms with Crippen molar-refractivity contribution in [3.8, 4) is 5.75 Å². The lowest BCUT2D eigenvalue weighted by atomic mass is 10.3. The maximum Gasteiger partial charge on any atom is 0.471 e. The van der Waals surface area contributed by atoms with Crippen molar-refractivity contribution in [2.24, 2.45) is 0 Å². The molecule has 0 heterocycles. The molecule has 0 radical (unpaired) electrons. The summed E-state index contributed by atoms with van der Waals surface area (Å²) >= 11 is 3.17. The molecule has 7 heteroatoms. The van der Waals surface area contributed by atoms with Crippen LogP contribution in [0.25, 0.3) is 0 Å². The first-order valence-electron chi connectivity index (χ1n) is 4.60. The standard InChI is InChI=1S/C10H9BrF3NO2/c11-5-6-17-8-3-1-7(2-4-8)15-9(16)10(12,13)14/h1-4H,5-6H2,(H,15,16). The number of amides is 1. The van der Waals surface area contributed by atoms with Crippen LogP contribution in [0.3, 0.4) is 0 Å². The molecule has 3 nitrogen and oxygen atoms in total. The lowest BCUT2D eigenvalue weighted by Crippen LogP contribution is -2.29. The van der Waals surface area contributed by atoms with E-state index in [0.717, 1.165) is 0 Å². The molecule has 17 heavy (non-hydrogen) atoms. The summed E-state index contributed by atoms with van der Waals surface area (Å²) in [7, 11) is 0. The summed E-state index contributed by atoms with van der Waals surface area (Å²) in [5, 5.41) is 2.39. The van der Waals surface area contributed by atoms with Crippen LogP contribution in [-0.2, 0) is 4.79 Å². The number of ether oxygens (including phenoxy) is 1. The molecular weight excluding hydrogens is 303 g/mol. The summed E-state index contributed by atoms with van der Waals surface area (Å²) in [6.45, 7) is 0.453. The van der Waals surface area contributed by atoms with E-state index in [4.69, 9.17) is 4.74 Å². The fraction of sp³-hybridized carbons (Fsp3) is 0.300. The molecule has 0 unspecified atom stereocenters. The average Bonchev–Trinajstić information content (AvgIpc) is 2.27. The topological polar surface area (TPSA) is 38.3 Å². The Kier molecular flexibility index (Phi) is 4.80. The van der Waals surface area contributed by atoms with E-state index in [0.29, 0.717) is 17.7 Å². The number of rotatable bonds is 4. The van der Waals surface area contributed by atoms with E-state index < -0.39 is 12.1 Å². The van der Waals surface area contributed by atoms with Crippen LogP contribution in [-0.4, -0.2) is 24.0 Å². The van der Waals surface area contributed by atoms with Crippen LogP contribution in [0.15, 0.2) is 24.3 Å². The zero-order valence-corrected chi connectivity index (χ0v) is 10.1. The van der Waals surface area contributed by atoms with Crippen molar-refractivity contribution in [1.82, 2.24) is 0 Å². The zero-order chi connectivity index (χ0) is 12.9. The smallest absolute Gasteiger partial charge is 0.471 e. The minimum atomic E-state index is -4.88. The third-order valence-electron chi connectivity index (χ3n) is 1.72. The number of hydrogen-bond donors (Lipinski definition) is 1. The largest absolute Gasteiger partial charge is 0.493 e. The number of benzene rings is 1. The lowest BCUT2D eigenvalue weighted by molar-refractivity contribution is -0.167. The summed E-state index contributed by atoms with van der Waals surface area (Å²) in [6, 6.07) is 5.64. The summed E-state index contributed by atoms with van der Waals surface area (Å²) in [5.41, 5.74) is 0.0681.